The number of benzene rings is 1. The molecule has 2 rings (SSSR count). The molecule has 1 aromatic carbocycles. The molecule has 0 aliphatic rings. The lowest BCUT2D eigenvalue weighted by Gasteiger charge is -2.42. The van der Waals surface area contributed by atoms with Crippen LogP contribution >= 0.6 is 0 Å². The number of nitrogens with zero attached hydrogens (tertiary/aromatic N) is 3. The number of aromatic nitrogens is 2. The van der Waals surface area contributed by atoms with E-state index in [1.807, 2.05) is 75.4 Å². The molecule has 0 fully saturated rings. The van der Waals surface area contributed by atoms with Gasteiger partial charge in [0.05, 0.1) is 12.4 Å². The van der Waals surface area contributed by atoms with Crippen LogP contribution in [0.2, 0.25) is 0 Å². The van der Waals surface area contributed by atoms with Crippen molar-refractivity contribution in [1.82, 2.24) is 14.5 Å². The van der Waals surface area contributed by atoms with Gasteiger partial charge in [0.15, 0.2) is 0 Å². The smallest absolute Gasteiger partial charge is 0.411 e. The molecule has 0 aliphatic carbocycles. The Morgan fingerprint density at radius 2 is 1.81 bits per heavy atom. The van der Waals surface area contributed by atoms with Crippen molar-refractivity contribution >= 4 is 6.09 Å². The Balaban J connectivity index is 2.34. The average Bonchev–Trinajstić information content (AvgIpc) is 2.97. The van der Waals surface area contributed by atoms with E-state index in [2.05, 4.69) is 17.1 Å². The van der Waals surface area contributed by atoms with Gasteiger partial charge in [-0.1, -0.05) is 30.3 Å². The summed E-state index contributed by atoms with van der Waals surface area (Å²) in [5, 5.41) is 0. The molecule has 1 unspecified atom stereocenters. The zero-order chi connectivity index (χ0) is 19.4. The van der Waals surface area contributed by atoms with E-state index in [9.17, 15) is 4.79 Å². The summed E-state index contributed by atoms with van der Waals surface area (Å²) in [7, 11) is 0. The molecule has 5 nitrogen and oxygen atoms in total. The zero-order valence-electron chi connectivity index (χ0n) is 16.8. The summed E-state index contributed by atoms with van der Waals surface area (Å²) in [6, 6.07) is 10.2. The summed E-state index contributed by atoms with van der Waals surface area (Å²) < 4.78 is 7.74. The van der Waals surface area contributed by atoms with Crippen LogP contribution in [0.3, 0.4) is 0 Å². The van der Waals surface area contributed by atoms with E-state index in [1.165, 1.54) is 5.56 Å². The van der Waals surface area contributed by atoms with Crippen LogP contribution in [0.15, 0.2) is 49.1 Å². The van der Waals surface area contributed by atoms with Crippen LogP contribution in [0, 0.1) is 0 Å². The van der Waals surface area contributed by atoms with E-state index in [1.54, 1.807) is 12.5 Å². The Kier molecular flexibility index (Phi) is 6.11. The minimum Gasteiger partial charge on any atom is -0.444 e. The highest BCUT2D eigenvalue weighted by atomic mass is 16.6. The van der Waals surface area contributed by atoms with Crippen molar-refractivity contribution in [2.45, 2.75) is 71.7 Å². The first-order valence-electron chi connectivity index (χ1n) is 9.08. The molecule has 1 atom stereocenters. The highest BCUT2D eigenvalue weighted by Gasteiger charge is 2.36. The van der Waals surface area contributed by atoms with Crippen molar-refractivity contribution in [1.29, 1.82) is 0 Å². The summed E-state index contributed by atoms with van der Waals surface area (Å²) in [5.74, 6) is 0. The standard InChI is InChI=1S/C21H31N3O2/c1-20(2,3)24(19(25)26-21(4,5)6)18(15-23-13-12-22-16-23)14-17-10-8-7-9-11-17/h7-13,16,18H,14-15H2,1-6H3. The summed E-state index contributed by atoms with van der Waals surface area (Å²) >= 11 is 0. The van der Waals surface area contributed by atoms with Crippen LogP contribution in [0.4, 0.5) is 4.79 Å². The van der Waals surface area contributed by atoms with Gasteiger partial charge in [0, 0.05) is 24.5 Å². The van der Waals surface area contributed by atoms with Gasteiger partial charge in [0.2, 0.25) is 0 Å². The second-order valence-electron chi connectivity index (χ2n) is 8.62. The van der Waals surface area contributed by atoms with Crippen LogP contribution in [-0.2, 0) is 17.7 Å². The number of hydrogen-bond acceptors (Lipinski definition) is 3. The van der Waals surface area contributed by atoms with Gasteiger partial charge in [-0.05, 0) is 53.5 Å². The van der Waals surface area contributed by atoms with Crippen molar-refractivity contribution in [3.8, 4) is 0 Å². The number of hydrogen-bond donors (Lipinski definition) is 0. The normalized spacial score (nSPS) is 13.3. The predicted octanol–water partition coefficient (Wildman–Crippen LogP) is 4.53. The Labute approximate surface area is 157 Å². The molecule has 0 spiro atoms. The van der Waals surface area contributed by atoms with E-state index in [-0.39, 0.29) is 17.7 Å². The highest BCUT2D eigenvalue weighted by molar-refractivity contribution is 5.69. The fourth-order valence-corrected chi connectivity index (χ4v) is 3.04. The molecular formula is C21H31N3O2. The van der Waals surface area contributed by atoms with Crippen molar-refractivity contribution in [3.05, 3.63) is 54.6 Å². The molecule has 0 radical (unpaired) electrons. The average molecular weight is 357 g/mol. The van der Waals surface area contributed by atoms with Crippen molar-refractivity contribution in [2.24, 2.45) is 0 Å². The van der Waals surface area contributed by atoms with E-state index >= 15 is 0 Å². The molecule has 0 bridgehead atoms. The summed E-state index contributed by atoms with van der Waals surface area (Å²) in [6.07, 6.45) is 5.93. The first kappa shape index (κ1) is 20.0. The van der Waals surface area contributed by atoms with Crippen LogP contribution < -0.4 is 0 Å². The lowest BCUT2D eigenvalue weighted by atomic mass is 9.98. The maximum atomic E-state index is 13.0. The van der Waals surface area contributed by atoms with Gasteiger partial charge in [-0.3, -0.25) is 4.90 Å². The molecule has 1 amide bonds. The first-order valence-corrected chi connectivity index (χ1v) is 9.08. The predicted molar refractivity (Wildman–Crippen MR) is 104 cm³/mol. The Morgan fingerprint density at radius 3 is 2.31 bits per heavy atom. The van der Waals surface area contributed by atoms with E-state index < -0.39 is 5.60 Å². The zero-order valence-corrected chi connectivity index (χ0v) is 16.8. The van der Waals surface area contributed by atoms with Crippen molar-refractivity contribution in [3.63, 3.8) is 0 Å². The number of rotatable bonds is 5. The molecule has 1 aromatic heterocycles. The number of imidazole rings is 1. The summed E-state index contributed by atoms with van der Waals surface area (Å²) in [6.45, 7) is 12.5. The van der Waals surface area contributed by atoms with Gasteiger partial charge in [-0.15, -0.1) is 0 Å². The van der Waals surface area contributed by atoms with Crippen LogP contribution in [0.1, 0.15) is 47.1 Å². The Morgan fingerprint density at radius 1 is 1.15 bits per heavy atom. The topological polar surface area (TPSA) is 47.4 Å². The van der Waals surface area contributed by atoms with Gasteiger partial charge in [-0.2, -0.15) is 0 Å². The summed E-state index contributed by atoms with van der Waals surface area (Å²) in [5.41, 5.74) is 0.283. The SMILES string of the molecule is CC(C)(C)OC(=O)N(C(Cc1ccccc1)Cn1ccnc1)C(C)(C)C. The maximum absolute atomic E-state index is 13.0. The fraction of sp³-hybridized carbons (Fsp3) is 0.524. The molecule has 0 saturated carbocycles. The van der Waals surface area contributed by atoms with Crippen molar-refractivity contribution in [2.75, 3.05) is 0 Å². The van der Waals surface area contributed by atoms with Crippen LogP contribution in [-0.4, -0.2) is 37.7 Å². The van der Waals surface area contributed by atoms with E-state index in [4.69, 9.17) is 4.74 Å². The second-order valence-corrected chi connectivity index (χ2v) is 8.62. The molecule has 26 heavy (non-hydrogen) atoms. The van der Waals surface area contributed by atoms with Gasteiger partial charge in [0.25, 0.3) is 0 Å². The number of amides is 1. The molecule has 142 valence electrons. The molecule has 5 heteroatoms. The van der Waals surface area contributed by atoms with Gasteiger partial charge < -0.3 is 9.30 Å². The Hall–Kier alpha value is -2.30. The molecule has 0 aliphatic heterocycles. The van der Waals surface area contributed by atoms with E-state index in [0.29, 0.717) is 6.54 Å². The molecule has 0 saturated heterocycles. The van der Waals surface area contributed by atoms with E-state index in [0.717, 1.165) is 6.42 Å². The number of carbonyl (C=O) groups excluding carboxylic acids is 1. The molecule has 1 heterocycles. The third-order valence-electron chi connectivity index (χ3n) is 3.97. The minimum absolute atomic E-state index is 0.0542. The third-order valence-corrected chi connectivity index (χ3v) is 3.97. The lowest BCUT2D eigenvalue weighted by Crippen LogP contribution is -2.55. The Bertz CT molecular complexity index is 682. The van der Waals surface area contributed by atoms with Crippen LogP contribution in [0.25, 0.3) is 0 Å². The molecule has 0 N–H and O–H groups in total. The van der Waals surface area contributed by atoms with Gasteiger partial charge in [-0.25, -0.2) is 9.78 Å². The highest BCUT2D eigenvalue weighted by Crippen LogP contribution is 2.24. The maximum Gasteiger partial charge on any atom is 0.411 e. The minimum atomic E-state index is -0.535. The monoisotopic (exact) mass is 357 g/mol. The quantitative estimate of drug-likeness (QED) is 0.790. The van der Waals surface area contributed by atoms with Gasteiger partial charge >= 0.3 is 6.09 Å². The fourth-order valence-electron chi connectivity index (χ4n) is 3.04. The van der Waals surface area contributed by atoms with Crippen molar-refractivity contribution < 1.29 is 9.53 Å². The number of ether oxygens (including phenoxy) is 1. The lowest BCUT2D eigenvalue weighted by molar-refractivity contribution is -0.00991. The molecular weight excluding hydrogens is 326 g/mol. The van der Waals surface area contributed by atoms with Gasteiger partial charge in [0.1, 0.15) is 5.60 Å². The number of carbonyl (C=O) groups is 1. The largest absolute Gasteiger partial charge is 0.444 e. The first-order chi connectivity index (χ1) is 12.1. The molecule has 2 aromatic rings. The second kappa shape index (κ2) is 7.94. The summed E-state index contributed by atoms with van der Waals surface area (Å²) in [4.78, 5) is 19.0. The van der Waals surface area contributed by atoms with Crippen LogP contribution in [0.5, 0.6) is 0 Å². The third kappa shape index (κ3) is 5.90.